The highest BCUT2D eigenvalue weighted by Gasteiger charge is 2.28. The summed E-state index contributed by atoms with van der Waals surface area (Å²) in [4.78, 5) is 12.2. The topological polar surface area (TPSA) is 41.1 Å². The molecular weight excluding hydrogens is 363 g/mol. The maximum absolute atomic E-state index is 12.2. The molecular formula is C13H18ClIN2O. The third kappa shape index (κ3) is 3.83. The lowest BCUT2D eigenvalue weighted by atomic mass is 9.90. The van der Waals surface area contributed by atoms with Crippen LogP contribution in [0.2, 0.25) is 0 Å². The summed E-state index contributed by atoms with van der Waals surface area (Å²) in [5, 5.41) is 6.48. The molecule has 0 atom stereocenters. The second-order valence-electron chi connectivity index (χ2n) is 4.74. The molecule has 5 heteroatoms. The van der Waals surface area contributed by atoms with E-state index >= 15 is 0 Å². The molecule has 100 valence electrons. The van der Waals surface area contributed by atoms with Gasteiger partial charge in [0.25, 0.3) is 5.91 Å². The van der Waals surface area contributed by atoms with E-state index in [1.54, 1.807) is 0 Å². The van der Waals surface area contributed by atoms with Crippen molar-refractivity contribution < 1.29 is 4.79 Å². The summed E-state index contributed by atoms with van der Waals surface area (Å²) in [6, 6.07) is 7.69. The van der Waals surface area contributed by atoms with Gasteiger partial charge in [0.05, 0.1) is 5.56 Å². The number of benzene rings is 1. The van der Waals surface area contributed by atoms with Gasteiger partial charge in [-0.1, -0.05) is 12.1 Å². The van der Waals surface area contributed by atoms with E-state index in [0.717, 1.165) is 35.1 Å². The Labute approximate surface area is 128 Å². The zero-order valence-electron chi connectivity index (χ0n) is 10.3. The molecule has 0 bridgehead atoms. The maximum Gasteiger partial charge on any atom is 0.252 e. The lowest BCUT2D eigenvalue weighted by molar-refractivity contribution is 0.0886. The highest BCUT2D eigenvalue weighted by Crippen LogP contribution is 2.19. The fourth-order valence-corrected chi connectivity index (χ4v) is 2.72. The van der Waals surface area contributed by atoms with E-state index in [9.17, 15) is 4.79 Å². The van der Waals surface area contributed by atoms with Gasteiger partial charge in [-0.05, 0) is 67.6 Å². The van der Waals surface area contributed by atoms with Crippen LogP contribution in [0.1, 0.15) is 30.1 Å². The lowest BCUT2D eigenvalue weighted by Crippen LogP contribution is -2.52. The quantitative estimate of drug-likeness (QED) is 0.774. The molecule has 0 unspecified atom stereocenters. The number of amides is 1. The monoisotopic (exact) mass is 380 g/mol. The molecule has 3 nitrogen and oxygen atoms in total. The first-order chi connectivity index (χ1) is 8.11. The highest BCUT2D eigenvalue weighted by atomic mass is 127. The summed E-state index contributed by atoms with van der Waals surface area (Å²) < 4.78 is 1.00. The summed E-state index contributed by atoms with van der Waals surface area (Å²) in [6.07, 6.45) is 1.98. The van der Waals surface area contributed by atoms with Crippen LogP contribution in [0.4, 0.5) is 0 Å². The van der Waals surface area contributed by atoms with Crippen molar-refractivity contribution in [3.8, 4) is 0 Å². The number of halogens is 2. The van der Waals surface area contributed by atoms with Gasteiger partial charge in [-0.15, -0.1) is 12.4 Å². The van der Waals surface area contributed by atoms with Crippen LogP contribution in [0.15, 0.2) is 24.3 Å². The molecule has 2 rings (SSSR count). The van der Waals surface area contributed by atoms with Gasteiger partial charge in [-0.2, -0.15) is 0 Å². The molecule has 1 saturated heterocycles. The second-order valence-corrected chi connectivity index (χ2v) is 5.91. The standard InChI is InChI=1S/C13H17IN2O.ClH/c1-13(6-8-15-9-7-13)16-12(17)10-4-2-3-5-11(10)14;/h2-5,15H,6-9H2,1H3,(H,16,17);1H. The fraction of sp³-hybridized carbons (Fsp3) is 0.462. The Morgan fingerprint density at radius 1 is 1.33 bits per heavy atom. The van der Waals surface area contributed by atoms with Crippen molar-refractivity contribution >= 4 is 40.9 Å². The minimum atomic E-state index is -0.0682. The zero-order valence-corrected chi connectivity index (χ0v) is 13.3. The van der Waals surface area contributed by atoms with Crippen LogP contribution >= 0.6 is 35.0 Å². The van der Waals surface area contributed by atoms with Crippen molar-refractivity contribution in [2.75, 3.05) is 13.1 Å². The zero-order chi connectivity index (χ0) is 12.3. The fourth-order valence-electron chi connectivity index (χ4n) is 2.09. The Morgan fingerprint density at radius 2 is 1.94 bits per heavy atom. The molecule has 1 aromatic carbocycles. The Morgan fingerprint density at radius 3 is 2.56 bits per heavy atom. The minimum Gasteiger partial charge on any atom is -0.347 e. The van der Waals surface area contributed by atoms with Gasteiger partial charge in [-0.25, -0.2) is 0 Å². The van der Waals surface area contributed by atoms with E-state index in [0.29, 0.717) is 0 Å². The number of carbonyl (C=O) groups excluding carboxylic acids is 1. The first-order valence-corrected chi connectivity index (χ1v) is 6.96. The summed E-state index contributed by atoms with van der Waals surface area (Å²) in [5.41, 5.74) is 0.703. The van der Waals surface area contributed by atoms with Crippen LogP contribution in [-0.4, -0.2) is 24.5 Å². The van der Waals surface area contributed by atoms with Crippen LogP contribution in [0.5, 0.6) is 0 Å². The number of nitrogens with one attached hydrogen (secondary N) is 2. The molecule has 1 heterocycles. The number of hydrogen-bond donors (Lipinski definition) is 2. The Bertz CT molecular complexity index is 419. The van der Waals surface area contributed by atoms with Gasteiger partial charge in [0.1, 0.15) is 0 Å². The molecule has 18 heavy (non-hydrogen) atoms. The van der Waals surface area contributed by atoms with Crippen molar-refractivity contribution in [1.29, 1.82) is 0 Å². The first kappa shape index (κ1) is 15.7. The van der Waals surface area contributed by atoms with Crippen LogP contribution in [0.3, 0.4) is 0 Å². The average Bonchev–Trinajstić information content (AvgIpc) is 2.29. The van der Waals surface area contributed by atoms with Crippen molar-refractivity contribution in [2.24, 2.45) is 0 Å². The van der Waals surface area contributed by atoms with Gasteiger partial charge in [0.2, 0.25) is 0 Å². The average molecular weight is 381 g/mol. The van der Waals surface area contributed by atoms with Crippen LogP contribution in [0.25, 0.3) is 0 Å². The summed E-state index contributed by atoms with van der Waals surface area (Å²) in [6.45, 7) is 4.08. The normalized spacial score (nSPS) is 17.7. The highest BCUT2D eigenvalue weighted by molar-refractivity contribution is 14.1. The number of rotatable bonds is 2. The van der Waals surface area contributed by atoms with Gasteiger partial charge in [-0.3, -0.25) is 4.79 Å². The first-order valence-electron chi connectivity index (χ1n) is 5.88. The SMILES string of the molecule is CC1(NC(=O)c2ccccc2I)CCNCC1.Cl. The molecule has 1 aromatic rings. The minimum absolute atomic E-state index is 0. The molecule has 0 spiro atoms. The summed E-state index contributed by atoms with van der Waals surface area (Å²) >= 11 is 2.20. The second kappa shape index (κ2) is 6.73. The maximum atomic E-state index is 12.2. The molecule has 1 fully saturated rings. The molecule has 2 N–H and O–H groups in total. The molecule has 1 amide bonds. The number of carbonyl (C=O) groups is 1. The van der Waals surface area contributed by atoms with Crippen molar-refractivity contribution in [2.45, 2.75) is 25.3 Å². The van der Waals surface area contributed by atoms with Crippen LogP contribution < -0.4 is 10.6 Å². The molecule has 0 aromatic heterocycles. The van der Waals surface area contributed by atoms with Gasteiger partial charge in [0.15, 0.2) is 0 Å². The Balaban J connectivity index is 0.00000162. The smallest absolute Gasteiger partial charge is 0.252 e. The largest absolute Gasteiger partial charge is 0.347 e. The Kier molecular flexibility index (Phi) is 5.88. The molecule has 0 radical (unpaired) electrons. The number of piperidine rings is 1. The molecule has 0 saturated carbocycles. The van der Waals surface area contributed by atoms with E-state index in [2.05, 4.69) is 40.1 Å². The van der Waals surface area contributed by atoms with Crippen molar-refractivity contribution in [1.82, 2.24) is 10.6 Å². The molecule has 0 aliphatic carbocycles. The van der Waals surface area contributed by atoms with E-state index in [4.69, 9.17) is 0 Å². The predicted octanol–water partition coefficient (Wildman–Crippen LogP) is 2.58. The van der Waals surface area contributed by atoms with Crippen LogP contribution in [-0.2, 0) is 0 Å². The van der Waals surface area contributed by atoms with Gasteiger partial charge in [0, 0.05) is 9.11 Å². The molecule has 1 aliphatic rings. The Hall–Kier alpha value is -0.330. The van der Waals surface area contributed by atoms with Gasteiger partial charge >= 0.3 is 0 Å². The van der Waals surface area contributed by atoms with Gasteiger partial charge < -0.3 is 10.6 Å². The molecule has 1 aliphatic heterocycles. The van der Waals surface area contributed by atoms with Crippen molar-refractivity contribution in [3.05, 3.63) is 33.4 Å². The van der Waals surface area contributed by atoms with E-state index < -0.39 is 0 Å². The van der Waals surface area contributed by atoms with Crippen molar-refractivity contribution in [3.63, 3.8) is 0 Å². The number of hydrogen-bond acceptors (Lipinski definition) is 2. The predicted molar refractivity (Wildman–Crippen MR) is 84.4 cm³/mol. The van der Waals surface area contributed by atoms with E-state index in [1.807, 2.05) is 24.3 Å². The summed E-state index contributed by atoms with van der Waals surface area (Å²) in [5.74, 6) is 0.0411. The van der Waals surface area contributed by atoms with E-state index in [1.165, 1.54) is 0 Å². The third-order valence-corrected chi connectivity index (χ3v) is 4.18. The summed E-state index contributed by atoms with van der Waals surface area (Å²) in [7, 11) is 0. The lowest BCUT2D eigenvalue weighted by Gasteiger charge is -2.35. The third-order valence-electron chi connectivity index (χ3n) is 3.24. The van der Waals surface area contributed by atoms with Crippen LogP contribution in [0, 0.1) is 3.57 Å². The van der Waals surface area contributed by atoms with E-state index in [-0.39, 0.29) is 23.9 Å².